The minimum atomic E-state index is -0.556. The number of primary amides is 1. The number of hydrogen-bond acceptors (Lipinski definition) is 7. The molecule has 0 bridgehead atoms. The molecule has 2 aromatic rings. The van der Waals surface area contributed by atoms with Gasteiger partial charge in [-0.25, -0.2) is 4.98 Å². The largest absolute Gasteiger partial charge is 0.367 e. The van der Waals surface area contributed by atoms with Gasteiger partial charge in [0.05, 0.1) is 11.6 Å². The molecule has 1 aromatic heterocycles. The van der Waals surface area contributed by atoms with Crippen LogP contribution >= 0.6 is 0 Å². The summed E-state index contributed by atoms with van der Waals surface area (Å²) in [5, 5.41) is 15.1. The summed E-state index contributed by atoms with van der Waals surface area (Å²) in [5.74, 6) is 0.602. The van der Waals surface area contributed by atoms with Crippen molar-refractivity contribution >= 4 is 29.3 Å². The lowest BCUT2D eigenvalue weighted by Crippen LogP contribution is -2.37. The average molecular weight is 419 g/mol. The molecule has 0 atom stereocenters. The minimum absolute atomic E-state index is 0.0502. The van der Waals surface area contributed by atoms with Crippen molar-refractivity contribution in [3.63, 3.8) is 0 Å². The number of anilines is 3. The summed E-state index contributed by atoms with van der Waals surface area (Å²) in [6, 6.07) is 10.3. The number of nitriles is 1. The molecular formula is C22H25N7O2. The van der Waals surface area contributed by atoms with Crippen molar-refractivity contribution in [3.05, 3.63) is 41.6 Å². The highest BCUT2D eigenvalue weighted by atomic mass is 16.2. The van der Waals surface area contributed by atoms with E-state index >= 15 is 0 Å². The van der Waals surface area contributed by atoms with E-state index in [1.54, 1.807) is 4.90 Å². The van der Waals surface area contributed by atoms with Gasteiger partial charge in [-0.2, -0.15) is 10.2 Å². The second-order valence-corrected chi connectivity index (χ2v) is 7.98. The van der Waals surface area contributed by atoms with Gasteiger partial charge in [-0.1, -0.05) is 12.1 Å². The first-order valence-electron chi connectivity index (χ1n) is 10.5. The standard InChI is InChI=1S/C22H25N7O2/c23-10-7-19(30)29-11-8-15(9-12-29)14-1-3-17(4-2-14)27-22-25-13-18(20(24)31)21(28-22)26-16-5-6-16/h1-4,13,15-16H,5-9,11-12H2,(H2,24,31)(H2,25,26,27,28). The zero-order valence-corrected chi connectivity index (χ0v) is 17.2. The Kier molecular flexibility index (Phi) is 5.98. The number of amides is 2. The van der Waals surface area contributed by atoms with E-state index in [4.69, 9.17) is 11.0 Å². The van der Waals surface area contributed by atoms with Crippen molar-refractivity contribution in [1.29, 1.82) is 5.26 Å². The summed E-state index contributed by atoms with van der Waals surface area (Å²) in [7, 11) is 0. The number of nitrogens with two attached hydrogens (primary N) is 1. The Morgan fingerprint density at radius 1 is 1.16 bits per heavy atom. The van der Waals surface area contributed by atoms with Crippen LogP contribution in [-0.4, -0.2) is 45.8 Å². The monoisotopic (exact) mass is 419 g/mol. The van der Waals surface area contributed by atoms with Gasteiger partial charge < -0.3 is 21.3 Å². The normalized spacial score (nSPS) is 16.4. The molecule has 9 nitrogen and oxygen atoms in total. The van der Waals surface area contributed by atoms with Gasteiger partial charge in [0.15, 0.2) is 0 Å². The number of piperidine rings is 1. The van der Waals surface area contributed by atoms with E-state index < -0.39 is 5.91 Å². The van der Waals surface area contributed by atoms with Crippen LogP contribution in [-0.2, 0) is 4.79 Å². The molecule has 4 N–H and O–H groups in total. The van der Waals surface area contributed by atoms with E-state index in [2.05, 4.69) is 32.7 Å². The molecule has 1 aliphatic heterocycles. The molecule has 1 aliphatic carbocycles. The van der Waals surface area contributed by atoms with Crippen molar-refractivity contribution in [2.75, 3.05) is 23.7 Å². The SMILES string of the molecule is N#CCC(=O)N1CCC(c2ccc(Nc3ncc(C(N)=O)c(NC4CC4)n3)cc2)CC1. The van der Waals surface area contributed by atoms with Crippen LogP contribution in [0.2, 0.25) is 0 Å². The summed E-state index contributed by atoms with van der Waals surface area (Å²) >= 11 is 0. The van der Waals surface area contributed by atoms with Gasteiger partial charge in [0, 0.05) is 31.0 Å². The fourth-order valence-corrected chi connectivity index (χ4v) is 3.76. The van der Waals surface area contributed by atoms with Gasteiger partial charge in [-0.05, 0) is 49.3 Å². The van der Waals surface area contributed by atoms with E-state index in [0.29, 0.717) is 36.8 Å². The molecule has 0 radical (unpaired) electrons. The van der Waals surface area contributed by atoms with E-state index in [9.17, 15) is 9.59 Å². The number of hydrogen-bond donors (Lipinski definition) is 3. The summed E-state index contributed by atoms with van der Waals surface area (Å²) in [5.41, 5.74) is 7.77. The Morgan fingerprint density at radius 2 is 1.87 bits per heavy atom. The Hall–Kier alpha value is -3.67. The molecule has 9 heteroatoms. The Labute approximate surface area is 180 Å². The Morgan fingerprint density at radius 3 is 2.48 bits per heavy atom. The first-order valence-corrected chi connectivity index (χ1v) is 10.5. The number of rotatable bonds is 7. The van der Waals surface area contributed by atoms with Gasteiger partial charge in [0.2, 0.25) is 11.9 Å². The number of likely N-dealkylation sites (tertiary alicyclic amines) is 1. The highest BCUT2D eigenvalue weighted by Gasteiger charge is 2.25. The predicted octanol–water partition coefficient (Wildman–Crippen LogP) is 2.51. The average Bonchev–Trinajstić information content (AvgIpc) is 3.59. The Bertz CT molecular complexity index is 1000. The molecule has 31 heavy (non-hydrogen) atoms. The van der Waals surface area contributed by atoms with Crippen molar-refractivity contribution in [3.8, 4) is 6.07 Å². The van der Waals surface area contributed by atoms with Gasteiger partial charge in [-0.3, -0.25) is 9.59 Å². The van der Waals surface area contributed by atoms with Crippen LogP contribution in [0.5, 0.6) is 0 Å². The lowest BCUT2D eigenvalue weighted by atomic mass is 9.89. The second kappa shape index (κ2) is 9.00. The van der Waals surface area contributed by atoms with Crippen LogP contribution in [0.15, 0.2) is 30.5 Å². The van der Waals surface area contributed by atoms with Crippen LogP contribution in [0, 0.1) is 11.3 Å². The number of nitrogens with one attached hydrogen (secondary N) is 2. The molecule has 2 aliphatic rings. The summed E-state index contributed by atoms with van der Waals surface area (Å²) in [6.07, 6.45) is 5.27. The molecule has 160 valence electrons. The van der Waals surface area contributed by atoms with E-state index in [1.165, 1.54) is 11.8 Å². The van der Waals surface area contributed by atoms with Gasteiger partial charge in [-0.15, -0.1) is 0 Å². The van der Waals surface area contributed by atoms with Crippen LogP contribution in [0.3, 0.4) is 0 Å². The molecule has 0 spiro atoms. The minimum Gasteiger partial charge on any atom is -0.367 e. The third kappa shape index (κ3) is 5.09. The van der Waals surface area contributed by atoms with Crippen molar-refractivity contribution in [2.24, 2.45) is 5.73 Å². The first kappa shape index (κ1) is 20.6. The van der Waals surface area contributed by atoms with Gasteiger partial charge in [0.1, 0.15) is 12.2 Å². The number of carbonyl (C=O) groups is 2. The van der Waals surface area contributed by atoms with Crippen molar-refractivity contribution in [1.82, 2.24) is 14.9 Å². The number of benzene rings is 1. The molecule has 1 aromatic carbocycles. The van der Waals surface area contributed by atoms with Crippen LogP contribution in [0.4, 0.5) is 17.5 Å². The van der Waals surface area contributed by atoms with E-state index in [-0.39, 0.29) is 17.9 Å². The second-order valence-electron chi connectivity index (χ2n) is 7.98. The topological polar surface area (TPSA) is 137 Å². The predicted molar refractivity (Wildman–Crippen MR) is 116 cm³/mol. The van der Waals surface area contributed by atoms with Crippen LogP contribution < -0.4 is 16.4 Å². The molecule has 1 saturated carbocycles. The fraction of sp³-hybridized carbons (Fsp3) is 0.409. The maximum absolute atomic E-state index is 11.9. The van der Waals surface area contributed by atoms with Crippen molar-refractivity contribution < 1.29 is 9.59 Å². The molecule has 2 amide bonds. The number of carbonyl (C=O) groups excluding carboxylic acids is 2. The van der Waals surface area contributed by atoms with Crippen LogP contribution in [0.25, 0.3) is 0 Å². The quantitative estimate of drug-likeness (QED) is 0.627. The first-order chi connectivity index (χ1) is 15.0. The van der Waals surface area contributed by atoms with E-state index in [0.717, 1.165) is 31.4 Å². The maximum Gasteiger partial charge on any atom is 0.254 e. The molecule has 2 heterocycles. The number of aromatic nitrogens is 2. The van der Waals surface area contributed by atoms with Crippen molar-refractivity contribution in [2.45, 2.75) is 44.1 Å². The third-order valence-corrected chi connectivity index (χ3v) is 5.69. The highest BCUT2D eigenvalue weighted by Crippen LogP contribution is 2.30. The fourth-order valence-electron chi connectivity index (χ4n) is 3.76. The highest BCUT2D eigenvalue weighted by molar-refractivity contribution is 5.97. The summed E-state index contributed by atoms with van der Waals surface area (Å²) in [6.45, 7) is 1.37. The lowest BCUT2D eigenvalue weighted by molar-refractivity contribution is -0.131. The molecule has 4 rings (SSSR count). The van der Waals surface area contributed by atoms with Gasteiger partial charge in [0.25, 0.3) is 5.91 Å². The van der Waals surface area contributed by atoms with Gasteiger partial charge >= 0.3 is 0 Å². The lowest BCUT2D eigenvalue weighted by Gasteiger charge is -2.31. The molecule has 2 fully saturated rings. The molecule has 1 saturated heterocycles. The maximum atomic E-state index is 11.9. The van der Waals surface area contributed by atoms with Crippen LogP contribution in [0.1, 0.15) is 53.9 Å². The third-order valence-electron chi connectivity index (χ3n) is 5.69. The smallest absolute Gasteiger partial charge is 0.254 e. The van der Waals surface area contributed by atoms with E-state index in [1.807, 2.05) is 18.2 Å². The molecule has 0 unspecified atom stereocenters. The summed E-state index contributed by atoms with van der Waals surface area (Å²) < 4.78 is 0. The Balaban J connectivity index is 1.38. The molecular weight excluding hydrogens is 394 g/mol. The zero-order chi connectivity index (χ0) is 21.8. The number of nitrogens with zero attached hydrogens (tertiary/aromatic N) is 4. The summed E-state index contributed by atoms with van der Waals surface area (Å²) in [4.78, 5) is 33.9. The zero-order valence-electron chi connectivity index (χ0n) is 17.2.